The first-order chi connectivity index (χ1) is 9.93. The third-order valence-electron chi connectivity index (χ3n) is 2.54. The quantitative estimate of drug-likeness (QED) is 0.668. The summed E-state index contributed by atoms with van der Waals surface area (Å²) in [6, 6.07) is 3.84. The number of urea groups is 1. The third-order valence-corrected chi connectivity index (χ3v) is 2.54. The van der Waals surface area contributed by atoms with Gasteiger partial charge in [0, 0.05) is 12.6 Å². The molecule has 0 bridgehead atoms. The number of nitrogens with one attached hydrogen (secondary N) is 2. The van der Waals surface area contributed by atoms with Crippen molar-refractivity contribution in [2.75, 3.05) is 25.6 Å². The second kappa shape index (κ2) is 8.11. The normalized spacial score (nSPS) is 10.3. The van der Waals surface area contributed by atoms with E-state index in [-0.39, 0.29) is 17.4 Å². The molecule has 0 unspecified atom stereocenters. The number of carbonyl (C=O) groups is 2. The number of benzene rings is 1. The highest BCUT2D eigenvalue weighted by Crippen LogP contribution is 2.22. The Kier molecular flexibility index (Phi) is 6.48. The number of hydrogen-bond donors (Lipinski definition) is 3. The number of carboxylic acids is 1. The van der Waals surface area contributed by atoms with Gasteiger partial charge in [-0.15, -0.1) is 0 Å². The van der Waals surface area contributed by atoms with Crippen molar-refractivity contribution >= 4 is 17.7 Å². The molecule has 7 nitrogen and oxygen atoms in total. The Morgan fingerprint density at radius 1 is 1.33 bits per heavy atom. The molecule has 0 saturated carbocycles. The van der Waals surface area contributed by atoms with E-state index in [2.05, 4.69) is 10.6 Å². The number of amides is 2. The maximum absolute atomic E-state index is 11.7. The van der Waals surface area contributed by atoms with Crippen LogP contribution in [0.25, 0.3) is 0 Å². The number of methoxy groups -OCH3 is 1. The van der Waals surface area contributed by atoms with Gasteiger partial charge in [-0.2, -0.15) is 0 Å². The third kappa shape index (κ3) is 5.70. The van der Waals surface area contributed by atoms with Crippen molar-refractivity contribution in [3.63, 3.8) is 0 Å². The summed E-state index contributed by atoms with van der Waals surface area (Å²) >= 11 is 0. The zero-order valence-corrected chi connectivity index (χ0v) is 12.3. The molecule has 0 aliphatic rings. The lowest BCUT2D eigenvalue weighted by atomic mass is 10.1. The van der Waals surface area contributed by atoms with Crippen LogP contribution >= 0.6 is 0 Å². The summed E-state index contributed by atoms with van der Waals surface area (Å²) in [5, 5.41) is 14.2. The summed E-state index contributed by atoms with van der Waals surface area (Å²) in [4.78, 5) is 22.8. The highest BCUT2D eigenvalue weighted by molar-refractivity contribution is 6.00. The summed E-state index contributed by atoms with van der Waals surface area (Å²) in [5.74, 6) is -0.672. The molecule has 1 rings (SSSR count). The second-order valence-corrected chi connectivity index (χ2v) is 4.52. The van der Waals surface area contributed by atoms with Crippen molar-refractivity contribution in [2.24, 2.45) is 0 Å². The van der Waals surface area contributed by atoms with Crippen LogP contribution in [0.3, 0.4) is 0 Å². The molecule has 0 radical (unpaired) electrons. The van der Waals surface area contributed by atoms with Crippen LogP contribution in [0, 0.1) is 0 Å². The Balaban J connectivity index is 2.63. The Hall–Kier alpha value is -2.28. The minimum Gasteiger partial charge on any atom is -0.497 e. The molecule has 0 atom stereocenters. The Labute approximate surface area is 123 Å². The number of carbonyl (C=O) groups excluding carboxylic acids is 1. The van der Waals surface area contributed by atoms with Gasteiger partial charge >= 0.3 is 12.0 Å². The molecule has 7 heteroatoms. The van der Waals surface area contributed by atoms with Gasteiger partial charge in [-0.05, 0) is 26.0 Å². The van der Waals surface area contributed by atoms with E-state index in [0.29, 0.717) is 18.9 Å². The molecule has 3 N–H and O–H groups in total. The van der Waals surface area contributed by atoms with E-state index in [1.807, 2.05) is 13.8 Å². The number of ether oxygens (including phenoxy) is 2. The number of hydrogen-bond acceptors (Lipinski definition) is 4. The zero-order chi connectivity index (χ0) is 15.8. The summed E-state index contributed by atoms with van der Waals surface area (Å²) in [7, 11) is 1.46. The van der Waals surface area contributed by atoms with Gasteiger partial charge < -0.3 is 25.2 Å². The van der Waals surface area contributed by atoms with Crippen molar-refractivity contribution in [1.29, 1.82) is 0 Å². The molecule has 2 amide bonds. The first-order valence-corrected chi connectivity index (χ1v) is 6.51. The average molecular weight is 296 g/mol. The van der Waals surface area contributed by atoms with Crippen LogP contribution in [-0.2, 0) is 4.74 Å². The van der Waals surface area contributed by atoms with Crippen molar-refractivity contribution in [2.45, 2.75) is 20.0 Å². The second-order valence-electron chi connectivity index (χ2n) is 4.52. The minimum atomic E-state index is -1.13. The van der Waals surface area contributed by atoms with Gasteiger partial charge in [0.15, 0.2) is 0 Å². The van der Waals surface area contributed by atoms with Crippen LogP contribution in [0.4, 0.5) is 10.5 Å². The highest BCUT2D eigenvalue weighted by atomic mass is 16.5. The van der Waals surface area contributed by atoms with E-state index in [0.717, 1.165) is 0 Å². The van der Waals surface area contributed by atoms with Crippen molar-refractivity contribution < 1.29 is 24.2 Å². The standard InChI is InChI=1S/C14H20N2O5/c1-9(2)21-7-6-15-14(19)16-12-8-10(20-3)4-5-11(12)13(17)18/h4-5,8-9H,6-7H2,1-3H3,(H,17,18)(H2,15,16,19). The first kappa shape index (κ1) is 16.8. The SMILES string of the molecule is COc1ccc(C(=O)O)c(NC(=O)NCCOC(C)C)c1. The van der Waals surface area contributed by atoms with Gasteiger partial charge in [0.1, 0.15) is 5.75 Å². The Bertz CT molecular complexity index is 502. The number of aromatic carboxylic acids is 1. The van der Waals surface area contributed by atoms with E-state index < -0.39 is 12.0 Å². The van der Waals surface area contributed by atoms with Crippen LogP contribution in [0.15, 0.2) is 18.2 Å². The van der Waals surface area contributed by atoms with Gasteiger partial charge in [0.25, 0.3) is 0 Å². The van der Waals surface area contributed by atoms with Crippen molar-refractivity contribution in [1.82, 2.24) is 5.32 Å². The van der Waals surface area contributed by atoms with Crippen LogP contribution in [0.2, 0.25) is 0 Å². The molecule has 0 fully saturated rings. The topological polar surface area (TPSA) is 96.9 Å². The summed E-state index contributed by atoms with van der Waals surface area (Å²) in [6.07, 6.45) is 0.0897. The van der Waals surface area contributed by atoms with Crippen LogP contribution in [-0.4, -0.2) is 43.5 Å². The van der Waals surface area contributed by atoms with Gasteiger partial charge in [0.05, 0.1) is 31.1 Å². The van der Waals surface area contributed by atoms with E-state index in [4.69, 9.17) is 14.6 Å². The van der Waals surface area contributed by atoms with Crippen LogP contribution < -0.4 is 15.4 Å². The number of rotatable bonds is 7. The lowest BCUT2D eigenvalue weighted by molar-refractivity contribution is 0.0697. The molecular weight excluding hydrogens is 276 g/mol. The first-order valence-electron chi connectivity index (χ1n) is 6.51. The monoisotopic (exact) mass is 296 g/mol. The molecule has 0 aliphatic heterocycles. The molecule has 21 heavy (non-hydrogen) atoms. The highest BCUT2D eigenvalue weighted by Gasteiger charge is 2.13. The molecule has 1 aromatic carbocycles. The molecule has 116 valence electrons. The fourth-order valence-corrected chi connectivity index (χ4v) is 1.57. The predicted octanol–water partition coefficient (Wildman–Crippen LogP) is 1.94. The maximum atomic E-state index is 11.7. The lowest BCUT2D eigenvalue weighted by Gasteiger charge is -2.12. The fourth-order valence-electron chi connectivity index (χ4n) is 1.57. The molecule has 0 heterocycles. The molecule has 0 saturated heterocycles. The van der Waals surface area contributed by atoms with E-state index in [1.54, 1.807) is 0 Å². The maximum Gasteiger partial charge on any atom is 0.337 e. The van der Waals surface area contributed by atoms with Crippen LogP contribution in [0.5, 0.6) is 5.75 Å². The molecule has 0 aliphatic carbocycles. The van der Waals surface area contributed by atoms with Crippen molar-refractivity contribution in [3.05, 3.63) is 23.8 Å². The number of carboxylic acid groups (broad SMARTS) is 1. The molecular formula is C14H20N2O5. The van der Waals surface area contributed by atoms with Gasteiger partial charge in [-0.25, -0.2) is 9.59 Å². The Morgan fingerprint density at radius 3 is 2.62 bits per heavy atom. The van der Waals surface area contributed by atoms with E-state index in [9.17, 15) is 9.59 Å². The van der Waals surface area contributed by atoms with E-state index >= 15 is 0 Å². The smallest absolute Gasteiger partial charge is 0.337 e. The minimum absolute atomic E-state index is 0.00983. The number of anilines is 1. The summed E-state index contributed by atoms with van der Waals surface area (Å²) < 4.78 is 10.3. The largest absolute Gasteiger partial charge is 0.497 e. The average Bonchev–Trinajstić information content (AvgIpc) is 2.43. The van der Waals surface area contributed by atoms with Gasteiger partial charge in [-0.1, -0.05) is 0 Å². The summed E-state index contributed by atoms with van der Waals surface area (Å²) in [5.41, 5.74) is 0.161. The predicted molar refractivity (Wildman–Crippen MR) is 78.1 cm³/mol. The van der Waals surface area contributed by atoms with Crippen LogP contribution in [0.1, 0.15) is 24.2 Å². The lowest BCUT2D eigenvalue weighted by Crippen LogP contribution is -2.32. The van der Waals surface area contributed by atoms with Gasteiger partial charge in [0.2, 0.25) is 0 Å². The Morgan fingerprint density at radius 2 is 2.05 bits per heavy atom. The van der Waals surface area contributed by atoms with Gasteiger partial charge in [-0.3, -0.25) is 0 Å². The van der Waals surface area contributed by atoms with Crippen molar-refractivity contribution in [3.8, 4) is 5.75 Å². The zero-order valence-electron chi connectivity index (χ0n) is 12.3. The summed E-state index contributed by atoms with van der Waals surface area (Å²) in [6.45, 7) is 4.51. The molecule has 1 aromatic rings. The fraction of sp³-hybridized carbons (Fsp3) is 0.429. The molecule has 0 spiro atoms. The van der Waals surface area contributed by atoms with E-state index in [1.165, 1.54) is 25.3 Å². The molecule has 0 aromatic heterocycles.